The summed E-state index contributed by atoms with van der Waals surface area (Å²) in [5.41, 5.74) is 4.01. The molecule has 0 aliphatic heterocycles. The van der Waals surface area contributed by atoms with Gasteiger partial charge in [0.1, 0.15) is 0 Å². The van der Waals surface area contributed by atoms with Crippen LogP contribution >= 0.6 is 0 Å². The second-order valence-electron chi connectivity index (χ2n) is 4.80. The average molecular weight is 237 g/mol. The van der Waals surface area contributed by atoms with Crippen molar-refractivity contribution in [2.75, 3.05) is 0 Å². The zero-order valence-electron chi connectivity index (χ0n) is 11.2. The summed E-state index contributed by atoms with van der Waals surface area (Å²) in [6, 6.07) is 20.2. The molecule has 0 heterocycles. The molecule has 0 spiro atoms. The first kappa shape index (κ1) is 12.9. The summed E-state index contributed by atoms with van der Waals surface area (Å²) in [6.45, 7) is 2.26. The molecule has 0 aliphatic rings. The largest absolute Gasteiger partial charge is 0.0654 e. The Bertz CT molecular complexity index is 456. The molecular formula is C18H21. The molecule has 0 fully saturated rings. The maximum Gasteiger partial charge on any atom is -0.0178 e. The summed E-state index contributed by atoms with van der Waals surface area (Å²) in [6.07, 6.45) is 6.51. The predicted octanol–water partition coefficient (Wildman–Crippen LogP) is 5.28. The fourth-order valence-electron chi connectivity index (χ4n) is 2.24. The molecule has 2 aromatic carbocycles. The Labute approximate surface area is 111 Å². The van der Waals surface area contributed by atoms with E-state index in [0.717, 1.165) is 0 Å². The highest BCUT2D eigenvalue weighted by molar-refractivity contribution is 5.63. The van der Waals surface area contributed by atoms with E-state index in [9.17, 15) is 0 Å². The third kappa shape index (κ3) is 3.73. The summed E-state index contributed by atoms with van der Waals surface area (Å²) in [5.74, 6) is 0. The van der Waals surface area contributed by atoms with E-state index in [-0.39, 0.29) is 0 Å². The molecule has 2 aromatic rings. The zero-order valence-corrected chi connectivity index (χ0v) is 11.2. The van der Waals surface area contributed by atoms with E-state index in [1.807, 2.05) is 12.1 Å². The summed E-state index contributed by atoms with van der Waals surface area (Å²) in [4.78, 5) is 0. The molecule has 0 aliphatic carbocycles. The lowest BCUT2D eigenvalue weighted by Gasteiger charge is -2.05. The van der Waals surface area contributed by atoms with Crippen molar-refractivity contribution < 1.29 is 0 Å². The highest BCUT2D eigenvalue weighted by Crippen LogP contribution is 2.20. The van der Waals surface area contributed by atoms with Crippen LogP contribution in [0.15, 0.2) is 48.5 Å². The average Bonchev–Trinajstić information content (AvgIpc) is 2.45. The molecule has 0 unspecified atom stereocenters. The van der Waals surface area contributed by atoms with Crippen LogP contribution in [0.4, 0.5) is 0 Å². The van der Waals surface area contributed by atoms with Crippen molar-refractivity contribution in [1.82, 2.24) is 0 Å². The number of hydrogen-bond acceptors (Lipinski definition) is 0. The fraction of sp³-hybridized carbons (Fsp3) is 0.333. The number of aryl methyl sites for hydroxylation is 1. The van der Waals surface area contributed by atoms with E-state index in [0.29, 0.717) is 0 Å². The van der Waals surface area contributed by atoms with Gasteiger partial charge < -0.3 is 0 Å². The van der Waals surface area contributed by atoms with Gasteiger partial charge in [0, 0.05) is 0 Å². The maximum absolute atomic E-state index is 3.14. The van der Waals surface area contributed by atoms with Gasteiger partial charge in [0.05, 0.1) is 0 Å². The van der Waals surface area contributed by atoms with E-state index in [1.165, 1.54) is 48.8 Å². The van der Waals surface area contributed by atoms with Crippen LogP contribution in [-0.4, -0.2) is 0 Å². The van der Waals surface area contributed by atoms with Gasteiger partial charge in [-0.3, -0.25) is 0 Å². The van der Waals surface area contributed by atoms with Crippen molar-refractivity contribution >= 4 is 0 Å². The van der Waals surface area contributed by atoms with Crippen LogP contribution < -0.4 is 0 Å². The zero-order chi connectivity index (χ0) is 12.6. The van der Waals surface area contributed by atoms with Crippen molar-refractivity contribution in [1.29, 1.82) is 0 Å². The number of rotatable bonds is 6. The minimum Gasteiger partial charge on any atom is -0.0654 e. The highest BCUT2D eigenvalue weighted by Gasteiger charge is 1.99. The Hall–Kier alpha value is -1.56. The number of unbranched alkanes of at least 4 members (excludes halogenated alkanes) is 3. The first-order valence-corrected chi connectivity index (χ1v) is 6.95. The van der Waals surface area contributed by atoms with Gasteiger partial charge >= 0.3 is 0 Å². The smallest absolute Gasteiger partial charge is 0.0178 e. The lowest BCUT2D eigenvalue weighted by Crippen LogP contribution is -1.87. The van der Waals surface area contributed by atoms with Crippen LogP contribution in [-0.2, 0) is 6.42 Å². The SMILES string of the molecule is CCCCCCc1cccc(-c2c[c]ccc2)c1. The third-order valence-corrected chi connectivity index (χ3v) is 3.29. The molecule has 93 valence electrons. The van der Waals surface area contributed by atoms with Gasteiger partial charge in [-0.2, -0.15) is 0 Å². The Morgan fingerprint density at radius 3 is 2.61 bits per heavy atom. The first-order valence-electron chi connectivity index (χ1n) is 6.95. The van der Waals surface area contributed by atoms with E-state index in [4.69, 9.17) is 0 Å². The maximum atomic E-state index is 3.14. The van der Waals surface area contributed by atoms with E-state index in [1.54, 1.807) is 0 Å². The molecule has 0 aromatic heterocycles. The Morgan fingerprint density at radius 1 is 0.944 bits per heavy atom. The standard InChI is InChI=1S/C18H21/c1-2-3-4-6-10-16-11-9-14-18(15-16)17-12-7-5-8-13-17/h5,7,9,11-15H,2-4,6,10H2,1H3. The predicted molar refractivity (Wildman–Crippen MR) is 78.6 cm³/mol. The van der Waals surface area contributed by atoms with Gasteiger partial charge in [-0.05, 0) is 41.7 Å². The van der Waals surface area contributed by atoms with Crippen molar-refractivity contribution in [2.45, 2.75) is 39.0 Å². The normalized spacial score (nSPS) is 10.5. The minimum atomic E-state index is 1.20. The quantitative estimate of drug-likeness (QED) is 0.600. The lowest BCUT2D eigenvalue weighted by molar-refractivity contribution is 0.667. The summed E-state index contributed by atoms with van der Waals surface area (Å²) in [7, 11) is 0. The molecular weight excluding hydrogens is 216 g/mol. The molecule has 0 bridgehead atoms. The molecule has 1 radical (unpaired) electrons. The van der Waals surface area contributed by atoms with E-state index >= 15 is 0 Å². The fourth-order valence-corrected chi connectivity index (χ4v) is 2.24. The van der Waals surface area contributed by atoms with Crippen molar-refractivity contribution in [2.24, 2.45) is 0 Å². The molecule has 0 heteroatoms. The first-order chi connectivity index (χ1) is 8.90. The molecule has 0 saturated heterocycles. The van der Waals surface area contributed by atoms with Crippen molar-refractivity contribution in [3.05, 3.63) is 60.2 Å². The van der Waals surface area contributed by atoms with Gasteiger partial charge in [-0.15, -0.1) is 0 Å². The summed E-state index contributed by atoms with van der Waals surface area (Å²) in [5, 5.41) is 0. The van der Waals surface area contributed by atoms with Crippen LogP contribution in [0.25, 0.3) is 11.1 Å². The Kier molecular flexibility index (Phi) is 5.01. The molecule has 0 saturated carbocycles. The monoisotopic (exact) mass is 237 g/mol. The van der Waals surface area contributed by atoms with Crippen LogP contribution in [0.2, 0.25) is 0 Å². The van der Waals surface area contributed by atoms with Crippen LogP contribution in [0.1, 0.15) is 38.2 Å². The van der Waals surface area contributed by atoms with Gasteiger partial charge in [-0.25, -0.2) is 0 Å². The second kappa shape index (κ2) is 7.00. The van der Waals surface area contributed by atoms with Crippen LogP contribution in [0.3, 0.4) is 0 Å². The van der Waals surface area contributed by atoms with Crippen LogP contribution in [0, 0.1) is 6.07 Å². The lowest BCUT2D eigenvalue weighted by atomic mass is 10.00. The van der Waals surface area contributed by atoms with Gasteiger partial charge in [0.25, 0.3) is 0 Å². The number of benzene rings is 2. The van der Waals surface area contributed by atoms with Gasteiger partial charge in [-0.1, -0.05) is 68.7 Å². The van der Waals surface area contributed by atoms with Gasteiger partial charge in [0.15, 0.2) is 0 Å². The van der Waals surface area contributed by atoms with E-state index < -0.39 is 0 Å². The summed E-state index contributed by atoms with van der Waals surface area (Å²) >= 11 is 0. The summed E-state index contributed by atoms with van der Waals surface area (Å²) < 4.78 is 0. The molecule has 0 amide bonds. The molecule has 18 heavy (non-hydrogen) atoms. The van der Waals surface area contributed by atoms with Crippen LogP contribution in [0.5, 0.6) is 0 Å². The Balaban J connectivity index is 2.02. The number of hydrogen-bond donors (Lipinski definition) is 0. The second-order valence-corrected chi connectivity index (χ2v) is 4.80. The van der Waals surface area contributed by atoms with Gasteiger partial charge in [0.2, 0.25) is 0 Å². The molecule has 0 N–H and O–H groups in total. The topological polar surface area (TPSA) is 0 Å². The third-order valence-electron chi connectivity index (χ3n) is 3.29. The van der Waals surface area contributed by atoms with Crippen molar-refractivity contribution in [3.63, 3.8) is 0 Å². The highest BCUT2D eigenvalue weighted by atomic mass is 14.0. The van der Waals surface area contributed by atoms with Crippen molar-refractivity contribution in [3.8, 4) is 11.1 Å². The Morgan fingerprint density at radius 2 is 1.83 bits per heavy atom. The molecule has 2 rings (SSSR count). The minimum absolute atomic E-state index is 1.20. The molecule has 0 nitrogen and oxygen atoms in total. The molecule has 0 atom stereocenters. The van der Waals surface area contributed by atoms with E-state index in [2.05, 4.69) is 49.4 Å².